The summed E-state index contributed by atoms with van der Waals surface area (Å²) in [6, 6.07) is 0.829. The lowest BCUT2D eigenvalue weighted by Crippen LogP contribution is -2.52. The molecule has 1 aromatic rings. The predicted molar refractivity (Wildman–Crippen MR) is 74.3 cm³/mol. The van der Waals surface area contributed by atoms with Gasteiger partial charge in [0.2, 0.25) is 0 Å². The van der Waals surface area contributed by atoms with Crippen molar-refractivity contribution < 1.29 is 4.79 Å². The fourth-order valence-electron chi connectivity index (χ4n) is 3.23. The molecule has 0 radical (unpaired) electrons. The van der Waals surface area contributed by atoms with E-state index in [4.69, 9.17) is 0 Å². The van der Waals surface area contributed by atoms with Gasteiger partial charge in [0.25, 0.3) is 5.91 Å². The zero-order valence-corrected chi connectivity index (χ0v) is 12.1. The molecule has 2 aliphatic rings. The maximum atomic E-state index is 12.7. The van der Waals surface area contributed by atoms with Gasteiger partial charge in [0.15, 0.2) is 0 Å². The number of likely N-dealkylation sites (tertiary alicyclic amines) is 1. The number of aryl methyl sites for hydroxylation is 1. The predicted octanol–water partition coefficient (Wildman–Crippen LogP) is 1.59. The molecule has 3 rings (SSSR count). The molecule has 3 heterocycles. The first-order valence-corrected chi connectivity index (χ1v) is 7.88. The molecular formula is C13H20N4OS. The van der Waals surface area contributed by atoms with Crippen molar-refractivity contribution in [2.24, 2.45) is 0 Å². The van der Waals surface area contributed by atoms with Crippen LogP contribution in [0, 0.1) is 6.92 Å². The Kier molecular flexibility index (Phi) is 3.79. The van der Waals surface area contributed by atoms with Crippen LogP contribution in [0.1, 0.15) is 47.5 Å². The largest absolute Gasteiger partial charge is 0.333 e. The van der Waals surface area contributed by atoms with Crippen molar-refractivity contribution in [1.82, 2.24) is 19.8 Å². The van der Waals surface area contributed by atoms with Crippen LogP contribution in [0.5, 0.6) is 0 Å². The minimum atomic E-state index is 0.130. The second-order valence-corrected chi connectivity index (χ2v) is 6.21. The smallest absolute Gasteiger partial charge is 0.267 e. The zero-order valence-electron chi connectivity index (χ0n) is 11.3. The molecule has 0 spiro atoms. The highest BCUT2D eigenvalue weighted by molar-refractivity contribution is 7.07. The molecule has 2 fully saturated rings. The summed E-state index contributed by atoms with van der Waals surface area (Å²) >= 11 is 1.22. The first-order chi connectivity index (χ1) is 9.27. The molecule has 19 heavy (non-hydrogen) atoms. The average Bonchev–Trinajstić information content (AvgIpc) is 3.09. The van der Waals surface area contributed by atoms with Crippen LogP contribution >= 0.6 is 11.5 Å². The number of nitrogens with one attached hydrogen (secondary N) is 1. The van der Waals surface area contributed by atoms with Gasteiger partial charge < -0.3 is 10.2 Å². The van der Waals surface area contributed by atoms with Crippen molar-refractivity contribution in [3.05, 3.63) is 10.6 Å². The van der Waals surface area contributed by atoms with Crippen LogP contribution in [-0.2, 0) is 0 Å². The second-order valence-electron chi connectivity index (χ2n) is 5.45. The van der Waals surface area contributed by atoms with E-state index >= 15 is 0 Å². The fourth-order valence-corrected chi connectivity index (χ4v) is 3.84. The Morgan fingerprint density at radius 3 is 2.95 bits per heavy atom. The Balaban J connectivity index is 1.80. The Hall–Kier alpha value is -1.01. The van der Waals surface area contributed by atoms with Crippen LogP contribution in [0.4, 0.5) is 0 Å². The molecule has 0 aliphatic carbocycles. The van der Waals surface area contributed by atoms with Gasteiger partial charge in [-0.3, -0.25) is 4.79 Å². The van der Waals surface area contributed by atoms with Crippen LogP contribution < -0.4 is 5.32 Å². The number of piperidine rings is 1. The van der Waals surface area contributed by atoms with E-state index in [0.717, 1.165) is 31.6 Å². The van der Waals surface area contributed by atoms with Crippen molar-refractivity contribution >= 4 is 17.4 Å². The van der Waals surface area contributed by atoms with Crippen LogP contribution in [0.3, 0.4) is 0 Å². The average molecular weight is 280 g/mol. The molecular weight excluding hydrogens is 260 g/mol. The number of hydrogen-bond donors (Lipinski definition) is 1. The molecule has 2 aliphatic heterocycles. The van der Waals surface area contributed by atoms with E-state index in [9.17, 15) is 4.79 Å². The molecule has 1 amide bonds. The Morgan fingerprint density at radius 1 is 1.37 bits per heavy atom. The lowest BCUT2D eigenvalue weighted by Gasteiger charge is -2.39. The van der Waals surface area contributed by atoms with E-state index in [-0.39, 0.29) is 5.91 Å². The van der Waals surface area contributed by atoms with E-state index in [1.165, 1.54) is 30.8 Å². The number of hydrogen-bond acceptors (Lipinski definition) is 5. The maximum absolute atomic E-state index is 12.7. The van der Waals surface area contributed by atoms with Crippen molar-refractivity contribution in [2.75, 3.05) is 13.1 Å². The molecule has 0 bridgehead atoms. The first kappa shape index (κ1) is 13.0. The number of carbonyl (C=O) groups is 1. The lowest BCUT2D eigenvalue weighted by atomic mass is 9.94. The minimum Gasteiger partial charge on any atom is -0.333 e. The van der Waals surface area contributed by atoms with Gasteiger partial charge in [0.05, 0.1) is 5.69 Å². The monoisotopic (exact) mass is 280 g/mol. The molecule has 6 heteroatoms. The molecule has 2 unspecified atom stereocenters. The lowest BCUT2D eigenvalue weighted by molar-refractivity contribution is 0.0567. The van der Waals surface area contributed by atoms with Crippen molar-refractivity contribution in [2.45, 2.75) is 51.1 Å². The normalized spacial score (nSPS) is 27.7. The molecule has 2 atom stereocenters. The standard InChI is InChI=1S/C13H20N4OS/c1-9-12(19-16-15-9)13(18)17-8-3-2-6-11(17)10-5-4-7-14-10/h10-11,14H,2-8H2,1H3. The molecule has 2 saturated heterocycles. The quantitative estimate of drug-likeness (QED) is 0.894. The van der Waals surface area contributed by atoms with Gasteiger partial charge >= 0.3 is 0 Å². The van der Waals surface area contributed by atoms with Gasteiger partial charge in [-0.25, -0.2) is 0 Å². The number of rotatable bonds is 2. The topological polar surface area (TPSA) is 58.1 Å². The van der Waals surface area contributed by atoms with Gasteiger partial charge in [-0.2, -0.15) is 0 Å². The SMILES string of the molecule is Cc1nnsc1C(=O)N1CCCCC1C1CCCN1. The Morgan fingerprint density at radius 2 is 2.26 bits per heavy atom. The van der Waals surface area contributed by atoms with Crippen LogP contribution in [0.2, 0.25) is 0 Å². The van der Waals surface area contributed by atoms with Gasteiger partial charge in [0.1, 0.15) is 4.88 Å². The third-order valence-corrected chi connectivity index (χ3v) is 5.03. The molecule has 0 aromatic carbocycles. The van der Waals surface area contributed by atoms with Gasteiger partial charge in [-0.15, -0.1) is 5.10 Å². The number of amides is 1. The van der Waals surface area contributed by atoms with Crippen molar-refractivity contribution in [3.63, 3.8) is 0 Å². The summed E-state index contributed by atoms with van der Waals surface area (Å²) in [6.07, 6.45) is 5.88. The maximum Gasteiger partial charge on any atom is 0.267 e. The highest BCUT2D eigenvalue weighted by Gasteiger charge is 2.35. The second kappa shape index (κ2) is 5.54. The van der Waals surface area contributed by atoms with Gasteiger partial charge in [0, 0.05) is 18.6 Å². The summed E-state index contributed by atoms with van der Waals surface area (Å²) in [7, 11) is 0. The van der Waals surface area contributed by atoms with E-state index in [1.807, 2.05) is 6.92 Å². The van der Waals surface area contributed by atoms with E-state index in [2.05, 4.69) is 19.8 Å². The van der Waals surface area contributed by atoms with Gasteiger partial charge in [-0.05, 0) is 57.1 Å². The summed E-state index contributed by atoms with van der Waals surface area (Å²) in [5.41, 5.74) is 0.763. The summed E-state index contributed by atoms with van der Waals surface area (Å²) in [4.78, 5) is 15.5. The summed E-state index contributed by atoms with van der Waals surface area (Å²) in [5, 5.41) is 7.51. The third kappa shape index (κ3) is 2.51. The highest BCUT2D eigenvalue weighted by Crippen LogP contribution is 2.26. The molecule has 1 aromatic heterocycles. The van der Waals surface area contributed by atoms with Crippen LogP contribution in [0.15, 0.2) is 0 Å². The highest BCUT2D eigenvalue weighted by atomic mass is 32.1. The van der Waals surface area contributed by atoms with E-state index in [0.29, 0.717) is 17.0 Å². The molecule has 5 nitrogen and oxygen atoms in total. The third-order valence-electron chi connectivity index (χ3n) is 4.22. The molecule has 1 N–H and O–H groups in total. The number of aromatic nitrogens is 2. The first-order valence-electron chi connectivity index (χ1n) is 7.10. The summed E-state index contributed by atoms with van der Waals surface area (Å²) in [6.45, 7) is 3.83. The number of nitrogens with zero attached hydrogens (tertiary/aromatic N) is 3. The van der Waals surface area contributed by atoms with E-state index in [1.54, 1.807) is 0 Å². The minimum absolute atomic E-state index is 0.130. The zero-order chi connectivity index (χ0) is 13.2. The van der Waals surface area contributed by atoms with Crippen molar-refractivity contribution in [3.8, 4) is 0 Å². The Bertz CT molecular complexity index is 455. The molecule has 104 valence electrons. The van der Waals surface area contributed by atoms with E-state index < -0.39 is 0 Å². The molecule has 0 saturated carbocycles. The Labute approximate surface area is 117 Å². The summed E-state index contributed by atoms with van der Waals surface area (Å²) < 4.78 is 3.89. The van der Waals surface area contributed by atoms with Crippen molar-refractivity contribution in [1.29, 1.82) is 0 Å². The van der Waals surface area contributed by atoms with Crippen LogP contribution in [0.25, 0.3) is 0 Å². The van der Waals surface area contributed by atoms with Gasteiger partial charge in [-0.1, -0.05) is 4.49 Å². The fraction of sp³-hybridized carbons (Fsp3) is 0.769. The number of carbonyl (C=O) groups excluding carboxylic acids is 1. The van der Waals surface area contributed by atoms with Crippen LogP contribution in [-0.4, -0.2) is 45.6 Å². The summed E-state index contributed by atoms with van der Waals surface area (Å²) in [5.74, 6) is 0.130.